The maximum Gasteiger partial charge on any atom is 0.207 e. The lowest BCUT2D eigenvalue weighted by molar-refractivity contribution is 0.465. The molecule has 2 N–H and O–H groups in total. The lowest BCUT2D eigenvalue weighted by Gasteiger charge is -2.16. The molecule has 0 spiro atoms. The van der Waals surface area contributed by atoms with Crippen LogP contribution in [0.25, 0.3) is 0 Å². The Morgan fingerprint density at radius 3 is 1.91 bits per heavy atom. The number of phenolic OH excluding ortho intramolecular Hbond substituents is 2. The summed E-state index contributed by atoms with van der Waals surface area (Å²) >= 11 is 0. The Hall–Kier alpha value is -2.01. The second-order valence-corrected chi connectivity index (χ2v) is 7.51. The molecule has 2 aromatic carbocycles. The van der Waals surface area contributed by atoms with Gasteiger partial charge in [-0.15, -0.1) is 0 Å². The minimum Gasteiger partial charge on any atom is -0.508 e. The van der Waals surface area contributed by atoms with Crippen LogP contribution in [0.2, 0.25) is 0 Å². The van der Waals surface area contributed by atoms with E-state index in [9.17, 15) is 18.6 Å². The van der Waals surface area contributed by atoms with Crippen LogP contribution in [0.3, 0.4) is 0 Å². The van der Waals surface area contributed by atoms with E-state index in [-0.39, 0.29) is 21.3 Å². The Labute approximate surface area is 131 Å². The van der Waals surface area contributed by atoms with Crippen molar-refractivity contribution in [3.05, 3.63) is 46.0 Å². The average Bonchev–Trinajstić information content (AvgIpc) is 2.46. The molecule has 0 bridgehead atoms. The van der Waals surface area contributed by atoms with Crippen LogP contribution in [-0.4, -0.2) is 18.6 Å². The molecule has 2 aromatic rings. The fourth-order valence-corrected chi connectivity index (χ4v) is 4.43. The van der Waals surface area contributed by atoms with Crippen molar-refractivity contribution in [1.82, 2.24) is 0 Å². The van der Waals surface area contributed by atoms with Crippen molar-refractivity contribution in [1.29, 1.82) is 0 Å². The maximum atomic E-state index is 13.0. The molecule has 0 saturated carbocycles. The Kier molecular flexibility index (Phi) is 3.96. The van der Waals surface area contributed by atoms with Gasteiger partial charge in [-0.25, -0.2) is 8.42 Å². The third-order valence-corrected chi connectivity index (χ3v) is 6.32. The lowest BCUT2D eigenvalue weighted by Crippen LogP contribution is -2.08. The number of rotatable bonds is 2. The zero-order valence-electron chi connectivity index (χ0n) is 13.4. The summed E-state index contributed by atoms with van der Waals surface area (Å²) in [4.78, 5) is 0.365. The quantitative estimate of drug-likeness (QED) is 0.888. The molecule has 2 rings (SSSR count). The first-order chi connectivity index (χ1) is 10.1. The SMILES string of the molecule is Cc1cc(S(=O)(=O)c2ccc(O)c(C)c2C)c(C)c(C)c1O. The molecule has 0 saturated heterocycles. The Morgan fingerprint density at radius 1 is 0.773 bits per heavy atom. The number of hydrogen-bond donors (Lipinski definition) is 2. The van der Waals surface area contributed by atoms with E-state index in [1.165, 1.54) is 18.2 Å². The standard InChI is InChI=1S/C17H20O4S/c1-9-8-16(12(4)13(5)17(9)19)22(20,21)15-7-6-14(18)10(2)11(15)3/h6-8,18-19H,1-5H3. The van der Waals surface area contributed by atoms with Crippen molar-refractivity contribution in [2.75, 3.05) is 0 Å². The number of aromatic hydroxyl groups is 2. The number of hydrogen-bond acceptors (Lipinski definition) is 4. The third-order valence-electron chi connectivity index (χ3n) is 4.30. The summed E-state index contributed by atoms with van der Waals surface area (Å²) in [5.74, 6) is 0.196. The number of phenols is 2. The van der Waals surface area contributed by atoms with E-state index < -0.39 is 9.84 Å². The van der Waals surface area contributed by atoms with Crippen LogP contribution in [0.4, 0.5) is 0 Å². The summed E-state index contributed by atoms with van der Waals surface area (Å²) in [5, 5.41) is 19.7. The highest BCUT2D eigenvalue weighted by atomic mass is 32.2. The first kappa shape index (κ1) is 16.4. The minimum atomic E-state index is -3.72. The molecule has 0 aliphatic heterocycles. The highest BCUT2D eigenvalue weighted by Gasteiger charge is 2.25. The Bertz CT molecular complexity index is 865. The fraction of sp³-hybridized carbons (Fsp3) is 0.294. The molecule has 0 atom stereocenters. The van der Waals surface area contributed by atoms with Crippen molar-refractivity contribution in [2.45, 2.75) is 44.4 Å². The topological polar surface area (TPSA) is 74.6 Å². The molecule has 0 aliphatic rings. The van der Waals surface area contributed by atoms with E-state index in [0.717, 1.165) is 0 Å². The van der Waals surface area contributed by atoms with Crippen LogP contribution in [0.1, 0.15) is 27.8 Å². The van der Waals surface area contributed by atoms with Crippen molar-refractivity contribution in [3.8, 4) is 11.5 Å². The predicted molar refractivity (Wildman–Crippen MR) is 85.4 cm³/mol. The monoisotopic (exact) mass is 320 g/mol. The normalized spacial score (nSPS) is 11.7. The highest BCUT2D eigenvalue weighted by Crippen LogP contribution is 2.35. The van der Waals surface area contributed by atoms with Gasteiger partial charge in [-0.2, -0.15) is 0 Å². The number of sulfone groups is 1. The van der Waals surface area contributed by atoms with Gasteiger partial charge in [0.15, 0.2) is 0 Å². The largest absolute Gasteiger partial charge is 0.508 e. The van der Waals surface area contributed by atoms with Gasteiger partial charge in [0, 0.05) is 0 Å². The van der Waals surface area contributed by atoms with E-state index in [1.807, 2.05) is 0 Å². The Balaban J connectivity index is 2.80. The summed E-state index contributed by atoms with van der Waals surface area (Å²) in [6.45, 7) is 8.42. The van der Waals surface area contributed by atoms with Crippen LogP contribution in [-0.2, 0) is 9.84 Å². The zero-order chi connectivity index (χ0) is 16.8. The molecule has 0 amide bonds. The first-order valence-electron chi connectivity index (χ1n) is 6.93. The van der Waals surface area contributed by atoms with Crippen LogP contribution in [0.15, 0.2) is 28.0 Å². The smallest absolute Gasteiger partial charge is 0.207 e. The van der Waals surface area contributed by atoms with Gasteiger partial charge in [-0.3, -0.25) is 0 Å². The molecule has 0 aliphatic carbocycles. The lowest BCUT2D eigenvalue weighted by atomic mass is 10.1. The molecule has 0 unspecified atom stereocenters. The third kappa shape index (κ3) is 2.35. The molecule has 4 nitrogen and oxygen atoms in total. The molecule has 5 heteroatoms. The van der Waals surface area contributed by atoms with E-state index in [4.69, 9.17) is 0 Å². The summed E-state index contributed by atoms with van der Waals surface area (Å²) in [7, 11) is -3.72. The summed E-state index contributed by atoms with van der Waals surface area (Å²) in [6.07, 6.45) is 0. The predicted octanol–water partition coefficient (Wildman–Crippen LogP) is 3.47. The highest BCUT2D eigenvalue weighted by molar-refractivity contribution is 7.91. The molecule has 0 fully saturated rings. The van der Waals surface area contributed by atoms with Crippen molar-refractivity contribution >= 4 is 9.84 Å². The van der Waals surface area contributed by atoms with Gasteiger partial charge in [0.2, 0.25) is 9.84 Å². The fourth-order valence-electron chi connectivity index (χ4n) is 2.50. The number of benzene rings is 2. The van der Waals surface area contributed by atoms with Gasteiger partial charge >= 0.3 is 0 Å². The Morgan fingerprint density at radius 2 is 1.32 bits per heavy atom. The molecular formula is C17H20O4S. The van der Waals surface area contributed by atoms with Gasteiger partial charge in [0.1, 0.15) is 11.5 Å². The van der Waals surface area contributed by atoms with Gasteiger partial charge in [-0.05, 0) is 80.6 Å². The van der Waals surface area contributed by atoms with E-state index in [2.05, 4.69) is 0 Å². The van der Waals surface area contributed by atoms with Crippen LogP contribution in [0, 0.1) is 34.6 Å². The zero-order valence-corrected chi connectivity index (χ0v) is 14.2. The average molecular weight is 320 g/mol. The number of aryl methyl sites for hydroxylation is 1. The van der Waals surface area contributed by atoms with Crippen molar-refractivity contribution in [2.24, 2.45) is 0 Å². The summed E-state index contributed by atoms with van der Waals surface area (Å²) in [6, 6.07) is 4.31. The van der Waals surface area contributed by atoms with Gasteiger partial charge in [0.05, 0.1) is 9.79 Å². The summed E-state index contributed by atoms with van der Waals surface area (Å²) < 4.78 is 26.0. The second-order valence-electron chi connectivity index (χ2n) is 5.63. The van der Waals surface area contributed by atoms with Crippen LogP contribution in [0.5, 0.6) is 11.5 Å². The minimum absolute atomic E-state index is 0.0752. The summed E-state index contributed by atoms with van der Waals surface area (Å²) in [5.41, 5.74) is 2.70. The van der Waals surface area contributed by atoms with Crippen molar-refractivity contribution in [3.63, 3.8) is 0 Å². The molecule has 22 heavy (non-hydrogen) atoms. The van der Waals surface area contributed by atoms with Gasteiger partial charge in [-0.1, -0.05) is 0 Å². The van der Waals surface area contributed by atoms with Crippen LogP contribution < -0.4 is 0 Å². The van der Waals surface area contributed by atoms with E-state index in [1.54, 1.807) is 34.6 Å². The van der Waals surface area contributed by atoms with E-state index in [0.29, 0.717) is 27.8 Å². The second kappa shape index (κ2) is 5.32. The van der Waals surface area contributed by atoms with Crippen molar-refractivity contribution < 1.29 is 18.6 Å². The first-order valence-corrected chi connectivity index (χ1v) is 8.41. The maximum absolute atomic E-state index is 13.0. The molecular weight excluding hydrogens is 300 g/mol. The molecule has 0 heterocycles. The molecule has 0 radical (unpaired) electrons. The van der Waals surface area contributed by atoms with Gasteiger partial charge in [0.25, 0.3) is 0 Å². The molecule has 0 aromatic heterocycles. The van der Waals surface area contributed by atoms with Crippen LogP contribution >= 0.6 is 0 Å². The van der Waals surface area contributed by atoms with Gasteiger partial charge < -0.3 is 10.2 Å². The molecule has 118 valence electrons. The van der Waals surface area contributed by atoms with E-state index >= 15 is 0 Å².